The molecule has 28 heavy (non-hydrogen) atoms. The average molecular weight is 380 g/mol. The zero-order valence-corrected chi connectivity index (χ0v) is 16.1. The molecule has 146 valence electrons. The summed E-state index contributed by atoms with van der Waals surface area (Å²) in [5.41, 5.74) is 2.46. The highest BCUT2D eigenvalue weighted by atomic mass is 16.5. The highest BCUT2D eigenvalue weighted by molar-refractivity contribution is 6.09. The van der Waals surface area contributed by atoms with Crippen molar-refractivity contribution >= 4 is 17.8 Å². The molecular formula is C23H24O5. The Kier molecular flexibility index (Phi) is 7.72. The van der Waals surface area contributed by atoms with Gasteiger partial charge in [0.05, 0.1) is 0 Å². The van der Waals surface area contributed by atoms with Gasteiger partial charge in [0.2, 0.25) is 0 Å². The van der Waals surface area contributed by atoms with E-state index in [1.807, 2.05) is 31.2 Å². The lowest BCUT2D eigenvalue weighted by Gasteiger charge is -2.13. The van der Waals surface area contributed by atoms with E-state index in [4.69, 9.17) is 9.47 Å². The SMILES string of the molecule is C=C(C)C(=O)OCC(O)COc1ccc(C(=O)c2ccc(C=CC)cc2)cc1. The van der Waals surface area contributed by atoms with Gasteiger partial charge in [0.15, 0.2) is 5.78 Å². The van der Waals surface area contributed by atoms with Gasteiger partial charge in [-0.3, -0.25) is 4.79 Å². The Morgan fingerprint density at radius 1 is 1.04 bits per heavy atom. The third kappa shape index (κ3) is 6.21. The molecule has 2 aromatic carbocycles. The number of ketones is 1. The number of ether oxygens (including phenoxy) is 2. The third-order valence-electron chi connectivity index (χ3n) is 3.85. The van der Waals surface area contributed by atoms with E-state index in [9.17, 15) is 14.7 Å². The summed E-state index contributed by atoms with van der Waals surface area (Å²) in [5.74, 6) is -0.128. The minimum Gasteiger partial charge on any atom is -0.491 e. The van der Waals surface area contributed by atoms with Crippen LogP contribution in [0.1, 0.15) is 35.3 Å². The van der Waals surface area contributed by atoms with Crippen molar-refractivity contribution < 1.29 is 24.2 Å². The van der Waals surface area contributed by atoms with Gasteiger partial charge < -0.3 is 14.6 Å². The Hall–Kier alpha value is -3.18. The lowest BCUT2D eigenvalue weighted by Crippen LogP contribution is -2.25. The highest BCUT2D eigenvalue weighted by Gasteiger charge is 2.12. The van der Waals surface area contributed by atoms with E-state index in [0.717, 1.165) is 5.56 Å². The summed E-state index contributed by atoms with van der Waals surface area (Å²) in [5, 5.41) is 9.80. The van der Waals surface area contributed by atoms with Crippen LogP contribution in [0.15, 0.2) is 66.8 Å². The van der Waals surface area contributed by atoms with Gasteiger partial charge in [-0.05, 0) is 43.7 Å². The Balaban J connectivity index is 1.89. The molecule has 0 bridgehead atoms. The number of benzene rings is 2. The van der Waals surface area contributed by atoms with E-state index in [1.165, 1.54) is 6.92 Å². The number of esters is 1. The molecule has 0 saturated carbocycles. The first-order chi connectivity index (χ1) is 13.4. The fourth-order valence-corrected chi connectivity index (χ4v) is 2.34. The standard InChI is InChI=1S/C23H24O5/c1-4-5-17-6-8-18(9-7-17)22(25)19-10-12-21(13-11-19)27-14-20(24)15-28-23(26)16(2)3/h4-13,20,24H,2,14-15H2,1,3H3. The molecule has 0 aliphatic heterocycles. The minimum atomic E-state index is -0.958. The molecule has 1 unspecified atom stereocenters. The van der Waals surface area contributed by atoms with Crippen molar-refractivity contribution in [2.75, 3.05) is 13.2 Å². The molecule has 1 atom stereocenters. The van der Waals surface area contributed by atoms with Gasteiger partial charge in [-0.25, -0.2) is 4.79 Å². The molecule has 2 rings (SSSR count). The Bertz CT molecular complexity index is 848. The van der Waals surface area contributed by atoms with Crippen LogP contribution in [0, 0.1) is 0 Å². The molecule has 0 fully saturated rings. The minimum absolute atomic E-state index is 0.0385. The van der Waals surface area contributed by atoms with Crippen LogP contribution in [0.5, 0.6) is 5.75 Å². The quantitative estimate of drug-likeness (QED) is 0.407. The predicted octanol–water partition coefficient (Wildman–Crippen LogP) is 3.81. The smallest absolute Gasteiger partial charge is 0.333 e. The Labute approximate surface area is 164 Å². The van der Waals surface area contributed by atoms with Crippen molar-refractivity contribution in [3.8, 4) is 5.75 Å². The number of allylic oxidation sites excluding steroid dienone is 1. The van der Waals surface area contributed by atoms with Crippen molar-refractivity contribution in [2.24, 2.45) is 0 Å². The summed E-state index contributed by atoms with van der Waals surface area (Å²) >= 11 is 0. The lowest BCUT2D eigenvalue weighted by atomic mass is 10.0. The number of rotatable bonds is 9. The maximum atomic E-state index is 12.5. The number of carbonyl (C=O) groups is 2. The van der Waals surface area contributed by atoms with Gasteiger partial charge in [-0.1, -0.05) is 43.0 Å². The topological polar surface area (TPSA) is 72.8 Å². The highest BCUT2D eigenvalue weighted by Crippen LogP contribution is 2.16. The van der Waals surface area contributed by atoms with E-state index in [2.05, 4.69) is 6.58 Å². The second kappa shape index (κ2) is 10.2. The van der Waals surface area contributed by atoms with Gasteiger partial charge in [-0.2, -0.15) is 0 Å². The largest absolute Gasteiger partial charge is 0.491 e. The van der Waals surface area contributed by atoms with Crippen molar-refractivity contribution in [2.45, 2.75) is 20.0 Å². The molecule has 0 heterocycles. The summed E-state index contributed by atoms with van der Waals surface area (Å²) in [6, 6.07) is 14.0. The third-order valence-corrected chi connectivity index (χ3v) is 3.85. The van der Waals surface area contributed by atoms with Crippen molar-refractivity contribution in [3.63, 3.8) is 0 Å². The molecule has 0 spiro atoms. The maximum absolute atomic E-state index is 12.5. The van der Waals surface area contributed by atoms with Crippen LogP contribution in [0.25, 0.3) is 6.08 Å². The van der Waals surface area contributed by atoms with Crippen molar-refractivity contribution in [3.05, 3.63) is 83.4 Å². The Morgan fingerprint density at radius 3 is 2.14 bits per heavy atom. The predicted molar refractivity (Wildman–Crippen MR) is 108 cm³/mol. The van der Waals surface area contributed by atoms with Crippen molar-refractivity contribution in [1.29, 1.82) is 0 Å². The first-order valence-electron chi connectivity index (χ1n) is 8.91. The fraction of sp³-hybridized carbons (Fsp3) is 0.217. The van der Waals surface area contributed by atoms with E-state index >= 15 is 0 Å². The van der Waals surface area contributed by atoms with Gasteiger partial charge in [0.25, 0.3) is 0 Å². The summed E-state index contributed by atoms with van der Waals surface area (Å²) < 4.78 is 10.3. The molecule has 0 aliphatic rings. The average Bonchev–Trinajstić information content (AvgIpc) is 2.71. The molecule has 0 radical (unpaired) electrons. The van der Waals surface area contributed by atoms with Gasteiger partial charge in [0, 0.05) is 16.7 Å². The van der Waals surface area contributed by atoms with Crippen LogP contribution < -0.4 is 4.74 Å². The molecule has 0 aliphatic carbocycles. The maximum Gasteiger partial charge on any atom is 0.333 e. The zero-order chi connectivity index (χ0) is 20.5. The van der Waals surface area contributed by atoms with E-state index < -0.39 is 12.1 Å². The van der Waals surface area contributed by atoms with Crippen LogP contribution in [0.3, 0.4) is 0 Å². The molecule has 5 heteroatoms. The van der Waals surface area contributed by atoms with Crippen LogP contribution >= 0.6 is 0 Å². The second-order valence-corrected chi connectivity index (χ2v) is 6.32. The number of carbonyl (C=O) groups excluding carboxylic acids is 2. The summed E-state index contributed by atoms with van der Waals surface area (Å²) in [4.78, 5) is 23.8. The van der Waals surface area contributed by atoms with E-state index in [-0.39, 0.29) is 24.6 Å². The Morgan fingerprint density at radius 2 is 1.61 bits per heavy atom. The summed E-state index contributed by atoms with van der Waals surface area (Å²) in [6.45, 7) is 6.73. The summed E-state index contributed by atoms with van der Waals surface area (Å²) in [6.07, 6.45) is 2.95. The number of aliphatic hydroxyl groups excluding tert-OH is 1. The van der Waals surface area contributed by atoms with Gasteiger partial charge in [0.1, 0.15) is 25.1 Å². The summed E-state index contributed by atoms with van der Waals surface area (Å²) in [7, 11) is 0. The van der Waals surface area contributed by atoms with Gasteiger partial charge >= 0.3 is 5.97 Å². The normalized spacial score (nSPS) is 11.8. The van der Waals surface area contributed by atoms with Gasteiger partial charge in [-0.15, -0.1) is 0 Å². The van der Waals surface area contributed by atoms with Crippen LogP contribution in [-0.2, 0) is 9.53 Å². The molecule has 5 nitrogen and oxygen atoms in total. The molecule has 1 N–H and O–H groups in total. The zero-order valence-electron chi connectivity index (χ0n) is 16.1. The number of hydrogen-bond acceptors (Lipinski definition) is 5. The van der Waals surface area contributed by atoms with Crippen LogP contribution in [0.4, 0.5) is 0 Å². The molecule has 2 aromatic rings. The molecule has 0 aromatic heterocycles. The monoisotopic (exact) mass is 380 g/mol. The number of aliphatic hydroxyl groups is 1. The number of hydrogen-bond donors (Lipinski definition) is 1. The molecule has 0 amide bonds. The van der Waals surface area contributed by atoms with Crippen LogP contribution in [0.2, 0.25) is 0 Å². The van der Waals surface area contributed by atoms with Crippen LogP contribution in [-0.4, -0.2) is 36.2 Å². The van der Waals surface area contributed by atoms with Crippen molar-refractivity contribution in [1.82, 2.24) is 0 Å². The van der Waals surface area contributed by atoms with E-state index in [1.54, 1.807) is 36.4 Å². The first kappa shape index (κ1) is 21.1. The lowest BCUT2D eigenvalue weighted by molar-refractivity contribution is -0.142. The second-order valence-electron chi connectivity index (χ2n) is 6.32. The molecular weight excluding hydrogens is 356 g/mol. The molecule has 0 saturated heterocycles. The first-order valence-corrected chi connectivity index (χ1v) is 8.91. The van der Waals surface area contributed by atoms with E-state index in [0.29, 0.717) is 16.9 Å². The fourth-order valence-electron chi connectivity index (χ4n) is 2.34.